The number of nitrogens with one attached hydrogen (secondary N) is 1. The average Bonchev–Trinajstić information content (AvgIpc) is 3.25. The predicted molar refractivity (Wildman–Crippen MR) is 88.1 cm³/mol. The molecule has 1 aliphatic rings. The van der Waals surface area contributed by atoms with E-state index in [2.05, 4.69) is 5.32 Å². The number of ether oxygens (including phenoxy) is 1. The first-order chi connectivity index (χ1) is 10.8. The van der Waals surface area contributed by atoms with Crippen molar-refractivity contribution >= 4 is 17.4 Å². The van der Waals surface area contributed by atoms with Gasteiger partial charge in [0.25, 0.3) is 0 Å². The van der Waals surface area contributed by atoms with Gasteiger partial charge in [-0.25, -0.2) is 4.79 Å². The molecule has 2 amide bonds. The smallest absolute Gasteiger partial charge is 0.318 e. The first-order valence-electron chi connectivity index (χ1n) is 7.46. The summed E-state index contributed by atoms with van der Waals surface area (Å²) >= 11 is 1.66. The van der Waals surface area contributed by atoms with Crippen LogP contribution < -0.4 is 10.1 Å². The van der Waals surface area contributed by atoms with Crippen molar-refractivity contribution in [1.82, 2.24) is 10.2 Å². The quantitative estimate of drug-likeness (QED) is 0.884. The fraction of sp³-hybridized carbons (Fsp3) is 0.353. The van der Waals surface area contributed by atoms with E-state index in [9.17, 15) is 4.79 Å². The van der Waals surface area contributed by atoms with E-state index in [0.717, 1.165) is 24.2 Å². The lowest BCUT2D eigenvalue weighted by Crippen LogP contribution is -2.40. The van der Waals surface area contributed by atoms with Gasteiger partial charge in [0.2, 0.25) is 0 Å². The van der Waals surface area contributed by atoms with Crippen molar-refractivity contribution < 1.29 is 9.53 Å². The number of hydrogen-bond acceptors (Lipinski definition) is 3. The number of nitrogens with zero attached hydrogens (tertiary/aromatic N) is 1. The topological polar surface area (TPSA) is 41.6 Å². The fourth-order valence-electron chi connectivity index (χ4n) is 2.45. The van der Waals surface area contributed by atoms with Crippen LogP contribution in [-0.4, -0.2) is 24.1 Å². The molecule has 1 N–H and O–H groups in total. The number of methoxy groups -OCH3 is 1. The van der Waals surface area contributed by atoms with Gasteiger partial charge in [0.05, 0.1) is 20.2 Å². The van der Waals surface area contributed by atoms with E-state index in [-0.39, 0.29) is 6.03 Å². The summed E-state index contributed by atoms with van der Waals surface area (Å²) in [5.41, 5.74) is 1.04. The minimum atomic E-state index is 0.00167. The van der Waals surface area contributed by atoms with E-state index in [1.54, 1.807) is 18.4 Å². The summed E-state index contributed by atoms with van der Waals surface area (Å²) in [6.45, 7) is 1.18. The maximum Gasteiger partial charge on any atom is 0.318 e. The molecule has 0 bridgehead atoms. The minimum absolute atomic E-state index is 0.00167. The molecule has 0 radical (unpaired) electrons. The monoisotopic (exact) mass is 316 g/mol. The molecule has 0 saturated heterocycles. The molecule has 1 fully saturated rings. The number of para-hydroxylation sites is 1. The maximum atomic E-state index is 12.5. The lowest BCUT2D eigenvalue weighted by molar-refractivity contribution is 0.191. The van der Waals surface area contributed by atoms with Gasteiger partial charge in [0.1, 0.15) is 5.75 Å². The zero-order valence-electron chi connectivity index (χ0n) is 12.6. The van der Waals surface area contributed by atoms with Gasteiger partial charge in [-0.2, -0.15) is 0 Å². The molecule has 4 nitrogen and oxygen atoms in total. The molecule has 1 aromatic heterocycles. The number of urea groups is 1. The standard InChI is InChI=1S/C17H20N2O2S/c1-21-16-7-3-2-5-13(16)12-19(14-8-9-14)17(20)18-11-15-6-4-10-22-15/h2-7,10,14H,8-9,11-12H2,1H3,(H,18,20). The predicted octanol–water partition coefficient (Wildman–Crippen LogP) is 3.63. The zero-order valence-corrected chi connectivity index (χ0v) is 13.4. The lowest BCUT2D eigenvalue weighted by atomic mass is 10.2. The van der Waals surface area contributed by atoms with Gasteiger partial charge in [-0.3, -0.25) is 0 Å². The second-order valence-electron chi connectivity index (χ2n) is 5.41. The van der Waals surface area contributed by atoms with E-state index in [4.69, 9.17) is 4.74 Å². The third kappa shape index (κ3) is 3.60. The molecule has 3 rings (SSSR count). The molecule has 2 aromatic rings. The van der Waals surface area contributed by atoms with Crippen LogP contribution in [0.4, 0.5) is 4.79 Å². The molecule has 0 aliphatic heterocycles. The number of benzene rings is 1. The van der Waals surface area contributed by atoms with Gasteiger partial charge in [-0.15, -0.1) is 11.3 Å². The van der Waals surface area contributed by atoms with Crippen LogP contribution in [0.2, 0.25) is 0 Å². The zero-order chi connectivity index (χ0) is 15.4. The Morgan fingerprint density at radius 1 is 1.32 bits per heavy atom. The Kier molecular flexibility index (Phi) is 4.63. The van der Waals surface area contributed by atoms with Gasteiger partial charge in [-0.1, -0.05) is 24.3 Å². The molecule has 0 atom stereocenters. The summed E-state index contributed by atoms with van der Waals surface area (Å²) in [5.74, 6) is 0.833. The summed E-state index contributed by atoms with van der Waals surface area (Å²) in [4.78, 5) is 15.6. The summed E-state index contributed by atoms with van der Waals surface area (Å²) in [5, 5.41) is 5.04. The van der Waals surface area contributed by atoms with E-state index in [1.807, 2.05) is 46.7 Å². The number of rotatable bonds is 6. The Labute approximate surface area is 134 Å². The fourth-order valence-corrected chi connectivity index (χ4v) is 3.09. The Balaban J connectivity index is 1.66. The third-order valence-corrected chi connectivity index (χ3v) is 4.65. The van der Waals surface area contributed by atoms with Crippen molar-refractivity contribution in [2.24, 2.45) is 0 Å². The van der Waals surface area contributed by atoms with E-state index >= 15 is 0 Å². The molecule has 0 spiro atoms. The van der Waals surface area contributed by atoms with E-state index < -0.39 is 0 Å². The molecular weight excluding hydrogens is 296 g/mol. The Hall–Kier alpha value is -2.01. The molecule has 1 saturated carbocycles. The van der Waals surface area contributed by atoms with Crippen LogP contribution in [0.5, 0.6) is 5.75 Å². The van der Waals surface area contributed by atoms with E-state index in [0.29, 0.717) is 19.1 Å². The van der Waals surface area contributed by atoms with Crippen molar-refractivity contribution in [3.63, 3.8) is 0 Å². The van der Waals surface area contributed by atoms with Crippen LogP contribution in [0.1, 0.15) is 23.3 Å². The molecule has 1 aliphatic carbocycles. The summed E-state index contributed by atoms with van der Waals surface area (Å²) < 4.78 is 5.39. The Bertz CT molecular complexity index is 623. The van der Waals surface area contributed by atoms with Gasteiger partial charge in [0, 0.05) is 16.5 Å². The highest BCUT2D eigenvalue weighted by Crippen LogP contribution is 2.30. The molecule has 116 valence electrons. The second kappa shape index (κ2) is 6.83. The van der Waals surface area contributed by atoms with Crippen LogP contribution in [0.15, 0.2) is 41.8 Å². The van der Waals surface area contributed by atoms with Gasteiger partial charge < -0.3 is 15.0 Å². The van der Waals surface area contributed by atoms with Crippen LogP contribution in [0.25, 0.3) is 0 Å². The van der Waals surface area contributed by atoms with Crippen molar-refractivity contribution in [3.05, 3.63) is 52.2 Å². The van der Waals surface area contributed by atoms with Gasteiger partial charge in [0.15, 0.2) is 0 Å². The maximum absolute atomic E-state index is 12.5. The van der Waals surface area contributed by atoms with Gasteiger partial charge >= 0.3 is 6.03 Å². The molecule has 0 unspecified atom stereocenters. The number of hydrogen-bond donors (Lipinski definition) is 1. The van der Waals surface area contributed by atoms with Crippen molar-refractivity contribution in [2.75, 3.05) is 7.11 Å². The number of carbonyl (C=O) groups excluding carboxylic acids is 1. The summed E-state index contributed by atoms with van der Waals surface area (Å²) in [7, 11) is 1.66. The van der Waals surface area contributed by atoms with Crippen LogP contribution in [0, 0.1) is 0 Å². The Morgan fingerprint density at radius 2 is 2.14 bits per heavy atom. The van der Waals surface area contributed by atoms with Crippen molar-refractivity contribution in [1.29, 1.82) is 0 Å². The van der Waals surface area contributed by atoms with Crippen molar-refractivity contribution in [2.45, 2.75) is 32.0 Å². The van der Waals surface area contributed by atoms with Crippen LogP contribution >= 0.6 is 11.3 Å². The first kappa shape index (κ1) is 14.9. The average molecular weight is 316 g/mol. The summed E-state index contributed by atoms with van der Waals surface area (Å²) in [6, 6.07) is 12.3. The van der Waals surface area contributed by atoms with Crippen molar-refractivity contribution in [3.8, 4) is 5.75 Å². The number of thiophene rings is 1. The van der Waals surface area contributed by atoms with Gasteiger partial charge in [-0.05, 0) is 30.4 Å². The first-order valence-corrected chi connectivity index (χ1v) is 8.34. The highest BCUT2D eigenvalue weighted by atomic mass is 32.1. The Morgan fingerprint density at radius 3 is 2.82 bits per heavy atom. The van der Waals surface area contributed by atoms with Crippen LogP contribution in [0.3, 0.4) is 0 Å². The number of amides is 2. The second-order valence-corrected chi connectivity index (χ2v) is 6.44. The molecular formula is C17H20N2O2S. The molecule has 5 heteroatoms. The number of carbonyl (C=O) groups is 1. The highest BCUT2D eigenvalue weighted by Gasteiger charge is 2.33. The molecule has 1 heterocycles. The molecule has 22 heavy (non-hydrogen) atoms. The SMILES string of the molecule is COc1ccccc1CN(C(=O)NCc1cccs1)C1CC1. The largest absolute Gasteiger partial charge is 0.496 e. The normalized spacial score (nSPS) is 13.7. The summed E-state index contributed by atoms with van der Waals surface area (Å²) in [6.07, 6.45) is 2.17. The third-order valence-electron chi connectivity index (χ3n) is 3.78. The lowest BCUT2D eigenvalue weighted by Gasteiger charge is -2.23. The molecule has 1 aromatic carbocycles. The van der Waals surface area contributed by atoms with E-state index in [1.165, 1.54) is 4.88 Å². The minimum Gasteiger partial charge on any atom is -0.496 e. The van der Waals surface area contributed by atoms with Crippen LogP contribution in [-0.2, 0) is 13.1 Å². The highest BCUT2D eigenvalue weighted by molar-refractivity contribution is 7.09.